The van der Waals surface area contributed by atoms with Crippen LogP contribution in [-0.4, -0.2) is 61.4 Å². The van der Waals surface area contributed by atoms with Gasteiger partial charge >= 0.3 is 47.5 Å². The Kier molecular flexibility index (Phi) is 11.8. The summed E-state index contributed by atoms with van der Waals surface area (Å²) < 4.78 is 0. The Morgan fingerprint density at radius 2 is 1.62 bits per heavy atom. The van der Waals surface area contributed by atoms with Gasteiger partial charge in [0.1, 0.15) is 0 Å². The molecule has 0 rings (SSSR count). The topological polar surface area (TPSA) is 141 Å². The van der Waals surface area contributed by atoms with Crippen molar-refractivity contribution in [2.24, 2.45) is 0 Å². The molecule has 0 saturated carbocycles. The van der Waals surface area contributed by atoms with Crippen LogP contribution >= 0.6 is 0 Å². The Hall–Kier alpha value is -0.138. The van der Waals surface area contributed by atoms with Crippen molar-refractivity contribution in [3.63, 3.8) is 0 Å². The van der Waals surface area contributed by atoms with Crippen molar-refractivity contribution in [3.05, 3.63) is 0 Å². The molecule has 88 valence electrons. The summed E-state index contributed by atoms with van der Waals surface area (Å²) in [6, 6.07) is 0. The van der Waals surface area contributed by atoms with Gasteiger partial charge in [-0.15, -0.1) is 0 Å². The van der Waals surface area contributed by atoms with E-state index in [0.717, 1.165) is 0 Å². The fourth-order valence-electron chi connectivity index (χ4n) is 0.735. The molecule has 0 radical (unpaired) electrons. The third kappa shape index (κ3) is 7.19. The van der Waals surface area contributed by atoms with Gasteiger partial charge in [0.25, 0.3) is 0 Å². The van der Waals surface area contributed by atoms with Gasteiger partial charge in [0, 0.05) is 0 Å². The first-order valence-corrected chi connectivity index (χ1v) is 3.33. The number of carboxylic acids is 2. The Morgan fingerprint density at radius 1 is 1.19 bits per heavy atom. The molecule has 10 heteroatoms. The SMILES string of the molecule is O=C(O)CC(O)(CC(=O)OO)C(=O)O.[AlH3].[H-].[Na+]. The fraction of sp³-hybridized carbons (Fsp3) is 0.500. The second kappa shape index (κ2) is 8.95. The van der Waals surface area contributed by atoms with Gasteiger partial charge < -0.3 is 21.6 Å². The largest absolute Gasteiger partial charge is 1.00 e. The summed E-state index contributed by atoms with van der Waals surface area (Å²) in [5.41, 5.74) is -2.77. The average Bonchev–Trinajstić information content (AvgIpc) is 2.02. The minimum atomic E-state index is -2.77. The summed E-state index contributed by atoms with van der Waals surface area (Å²) in [6.07, 6.45) is -2.32. The molecular weight excluding hydrogens is 250 g/mol. The molecule has 4 N–H and O–H groups in total. The third-order valence-corrected chi connectivity index (χ3v) is 1.38. The minimum Gasteiger partial charge on any atom is -1.00 e. The van der Waals surface area contributed by atoms with Crippen molar-refractivity contribution < 1.29 is 70.8 Å². The fourth-order valence-corrected chi connectivity index (χ4v) is 0.735. The molecule has 0 aromatic carbocycles. The van der Waals surface area contributed by atoms with Crippen molar-refractivity contribution in [1.82, 2.24) is 0 Å². The molecule has 0 heterocycles. The Labute approximate surface area is 124 Å². The standard InChI is InChI=1S/C6H8O8.Al.Na.4H/c7-3(8)1-6(12,5(10)11)2-4(9)14-13;;;;;;/h12-13H,1-2H2,(H,7,8)(H,10,11);;;;;;/q;;+1;;;;-1. The molecule has 0 aromatic rings. The zero-order valence-corrected chi connectivity index (χ0v) is 9.84. The summed E-state index contributed by atoms with van der Waals surface area (Å²) in [6.45, 7) is 0. The second-order valence-corrected chi connectivity index (χ2v) is 2.55. The van der Waals surface area contributed by atoms with Gasteiger partial charge in [-0.05, 0) is 0 Å². The summed E-state index contributed by atoms with van der Waals surface area (Å²) in [5.74, 6) is -4.91. The molecule has 0 amide bonds. The van der Waals surface area contributed by atoms with E-state index in [0.29, 0.717) is 0 Å². The molecule has 0 spiro atoms. The van der Waals surface area contributed by atoms with Gasteiger partial charge in [-0.3, -0.25) is 4.79 Å². The summed E-state index contributed by atoms with van der Waals surface area (Å²) in [5, 5.41) is 33.6. The van der Waals surface area contributed by atoms with Gasteiger partial charge in [-0.1, -0.05) is 0 Å². The summed E-state index contributed by atoms with van der Waals surface area (Å²) in [7, 11) is 0. The van der Waals surface area contributed by atoms with Crippen molar-refractivity contribution in [1.29, 1.82) is 0 Å². The maximum atomic E-state index is 10.4. The van der Waals surface area contributed by atoms with Crippen LogP contribution in [0.1, 0.15) is 14.3 Å². The zero-order valence-electron chi connectivity index (χ0n) is 8.84. The van der Waals surface area contributed by atoms with Crippen molar-refractivity contribution in [3.8, 4) is 0 Å². The second-order valence-electron chi connectivity index (χ2n) is 2.55. The third-order valence-electron chi connectivity index (χ3n) is 1.38. The number of aliphatic carboxylic acids is 2. The summed E-state index contributed by atoms with van der Waals surface area (Å²) in [4.78, 5) is 34.1. The number of rotatable bonds is 5. The van der Waals surface area contributed by atoms with Crippen LogP contribution in [0.3, 0.4) is 0 Å². The van der Waals surface area contributed by atoms with Crippen molar-refractivity contribution >= 4 is 35.3 Å². The number of hydrogen-bond acceptors (Lipinski definition) is 6. The first-order chi connectivity index (χ1) is 6.31. The number of carbonyl (C=O) groups is 3. The molecule has 0 aliphatic carbocycles. The van der Waals surface area contributed by atoms with Gasteiger partial charge in [-0.2, -0.15) is 5.26 Å². The number of hydrogen-bond donors (Lipinski definition) is 4. The van der Waals surface area contributed by atoms with E-state index in [-0.39, 0.29) is 48.3 Å². The van der Waals surface area contributed by atoms with Gasteiger partial charge in [0.05, 0.1) is 12.8 Å². The predicted octanol–water partition coefficient (Wildman–Crippen LogP) is -5.38. The van der Waals surface area contributed by atoms with E-state index in [4.69, 9.17) is 20.6 Å². The Morgan fingerprint density at radius 3 is 1.88 bits per heavy atom. The molecule has 0 saturated heterocycles. The van der Waals surface area contributed by atoms with E-state index in [1.54, 1.807) is 0 Å². The van der Waals surface area contributed by atoms with Crippen LogP contribution in [0, 0.1) is 0 Å². The maximum absolute atomic E-state index is 10.4. The number of carboxylic acid groups (broad SMARTS) is 2. The molecule has 0 bridgehead atoms. The first kappa shape index (κ1) is 21.2. The quantitative estimate of drug-likeness (QED) is 0.218. The smallest absolute Gasteiger partial charge is 1.00 e. The van der Waals surface area contributed by atoms with Crippen LogP contribution in [0.5, 0.6) is 0 Å². The molecule has 8 nitrogen and oxygen atoms in total. The molecule has 1 atom stereocenters. The molecule has 0 aromatic heterocycles. The molecular formula is C6H12AlNaO8. The normalized spacial score (nSPS) is 12.4. The van der Waals surface area contributed by atoms with E-state index >= 15 is 0 Å². The summed E-state index contributed by atoms with van der Waals surface area (Å²) >= 11 is 0. The molecule has 1 unspecified atom stereocenters. The Balaban J connectivity index is -0.000000282. The van der Waals surface area contributed by atoms with Gasteiger partial charge in [-0.25, -0.2) is 9.59 Å². The van der Waals surface area contributed by atoms with Gasteiger partial charge in [0.2, 0.25) is 0 Å². The van der Waals surface area contributed by atoms with Crippen molar-refractivity contribution in [2.45, 2.75) is 18.4 Å². The molecule has 0 aliphatic heterocycles. The van der Waals surface area contributed by atoms with Crippen LogP contribution in [0.15, 0.2) is 0 Å². The van der Waals surface area contributed by atoms with Gasteiger partial charge in [0.15, 0.2) is 23.0 Å². The van der Waals surface area contributed by atoms with Crippen LogP contribution in [-0.2, 0) is 19.3 Å². The number of aliphatic hydroxyl groups is 1. The van der Waals surface area contributed by atoms with E-state index in [1.807, 2.05) is 0 Å². The van der Waals surface area contributed by atoms with E-state index < -0.39 is 36.4 Å². The van der Waals surface area contributed by atoms with Crippen molar-refractivity contribution in [2.75, 3.05) is 0 Å². The zero-order chi connectivity index (χ0) is 11.4. The van der Waals surface area contributed by atoms with E-state index in [9.17, 15) is 14.4 Å². The molecule has 0 fully saturated rings. The average molecular weight is 262 g/mol. The van der Waals surface area contributed by atoms with Crippen LogP contribution < -0.4 is 29.6 Å². The minimum absolute atomic E-state index is 0. The van der Waals surface area contributed by atoms with Crippen LogP contribution in [0.4, 0.5) is 0 Å². The monoisotopic (exact) mass is 262 g/mol. The molecule has 0 aliphatic rings. The van der Waals surface area contributed by atoms with E-state index in [2.05, 4.69) is 4.89 Å². The van der Waals surface area contributed by atoms with Crippen LogP contribution in [0.25, 0.3) is 0 Å². The first-order valence-electron chi connectivity index (χ1n) is 3.33. The van der Waals surface area contributed by atoms with E-state index in [1.165, 1.54) is 0 Å². The Bertz CT molecular complexity index is 275. The molecule has 16 heavy (non-hydrogen) atoms. The van der Waals surface area contributed by atoms with Crippen LogP contribution in [0.2, 0.25) is 0 Å². The maximum Gasteiger partial charge on any atom is 1.00 e. The number of carbonyl (C=O) groups excluding carboxylic acids is 1. The predicted molar refractivity (Wildman–Crippen MR) is 49.2 cm³/mol.